The van der Waals surface area contributed by atoms with Crippen molar-refractivity contribution in [3.8, 4) is 5.82 Å². The van der Waals surface area contributed by atoms with Gasteiger partial charge in [0.15, 0.2) is 5.82 Å². The molecule has 0 radical (unpaired) electrons. The zero-order valence-electron chi connectivity index (χ0n) is 9.64. The third-order valence-corrected chi connectivity index (χ3v) is 2.41. The van der Waals surface area contributed by atoms with Crippen molar-refractivity contribution in [2.75, 3.05) is 6.54 Å². The minimum Gasteiger partial charge on any atom is -0.313 e. The molecule has 0 saturated heterocycles. The Bertz CT molecular complexity index is 448. The highest BCUT2D eigenvalue weighted by molar-refractivity contribution is 5.34. The summed E-state index contributed by atoms with van der Waals surface area (Å²) in [6.07, 6.45) is 5.56. The largest absolute Gasteiger partial charge is 0.313 e. The predicted molar refractivity (Wildman–Crippen MR) is 63.5 cm³/mol. The average molecular weight is 216 g/mol. The van der Waals surface area contributed by atoms with Crippen molar-refractivity contribution < 1.29 is 0 Å². The Kier molecular flexibility index (Phi) is 3.31. The summed E-state index contributed by atoms with van der Waals surface area (Å²) in [7, 11) is 0. The van der Waals surface area contributed by atoms with Gasteiger partial charge in [-0.1, -0.05) is 6.92 Å². The molecule has 2 rings (SSSR count). The molecular weight excluding hydrogens is 200 g/mol. The molecular formula is C12H16N4. The molecule has 0 saturated carbocycles. The minimum atomic E-state index is 0.865. The molecule has 16 heavy (non-hydrogen) atoms. The number of nitrogens with zero attached hydrogens (tertiary/aromatic N) is 3. The van der Waals surface area contributed by atoms with Crippen molar-refractivity contribution >= 4 is 0 Å². The van der Waals surface area contributed by atoms with Gasteiger partial charge in [0.05, 0.1) is 0 Å². The number of rotatable bonds is 4. The summed E-state index contributed by atoms with van der Waals surface area (Å²) < 4.78 is 1.78. The fourth-order valence-electron chi connectivity index (χ4n) is 1.63. The van der Waals surface area contributed by atoms with Gasteiger partial charge in [-0.25, -0.2) is 9.67 Å². The molecule has 0 bridgehead atoms. The van der Waals surface area contributed by atoms with Crippen LogP contribution in [0.25, 0.3) is 5.82 Å². The van der Waals surface area contributed by atoms with Gasteiger partial charge >= 0.3 is 0 Å². The van der Waals surface area contributed by atoms with Crippen molar-refractivity contribution in [3.63, 3.8) is 0 Å². The number of pyridine rings is 1. The van der Waals surface area contributed by atoms with Crippen LogP contribution in [0.5, 0.6) is 0 Å². The second-order valence-electron chi connectivity index (χ2n) is 3.72. The summed E-state index contributed by atoms with van der Waals surface area (Å²) in [6.45, 7) is 5.99. The Hall–Kier alpha value is -1.68. The lowest BCUT2D eigenvalue weighted by molar-refractivity contribution is 0.721. The standard InChI is InChI=1S/C12H16N4/c1-3-13-8-11-7-10(2)12(14-9-11)16-6-4-5-15-16/h4-7,9,13H,3,8H2,1-2H3. The van der Waals surface area contributed by atoms with E-state index in [-0.39, 0.29) is 0 Å². The Balaban J connectivity index is 2.23. The fraction of sp³-hybridized carbons (Fsp3) is 0.333. The lowest BCUT2D eigenvalue weighted by Gasteiger charge is -2.07. The van der Waals surface area contributed by atoms with Crippen LogP contribution in [-0.4, -0.2) is 21.3 Å². The molecule has 0 spiro atoms. The van der Waals surface area contributed by atoms with Gasteiger partial charge < -0.3 is 5.32 Å². The van der Waals surface area contributed by atoms with Gasteiger partial charge in [-0.2, -0.15) is 5.10 Å². The van der Waals surface area contributed by atoms with Gasteiger partial charge in [-0.3, -0.25) is 0 Å². The van der Waals surface area contributed by atoms with Crippen LogP contribution in [-0.2, 0) is 6.54 Å². The Morgan fingerprint density at radius 3 is 2.94 bits per heavy atom. The fourth-order valence-corrected chi connectivity index (χ4v) is 1.63. The molecule has 1 N–H and O–H groups in total. The van der Waals surface area contributed by atoms with Gasteiger partial charge in [0.2, 0.25) is 0 Å². The van der Waals surface area contributed by atoms with E-state index in [1.54, 1.807) is 10.9 Å². The molecule has 0 fully saturated rings. The summed E-state index contributed by atoms with van der Waals surface area (Å²) in [4.78, 5) is 4.43. The van der Waals surface area contributed by atoms with Crippen LogP contribution in [0, 0.1) is 6.92 Å². The SMILES string of the molecule is CCNCc1cnc(-n2cccn2)c(C)c1. The first-order valence-corrected chi connectivity index (χ1v) is 5.47. The predicted octanol–water partition coefficient (Wildman–Crippen LogP) is 1.69. The first kappa shape index (κ1) is 10.8. The minimum absolute atomic E-state index is 0.865. The summed E-state index contributed by atoms with van der Waals surface area (Å²) in [5, 5.41) is 7.46. The number of nitrogens with one attached hydrogen (secondary N) is 1. The van der Waals surface area contributed by atoms with Crippen molar-refractivity contribution in [1.29, 1.82) is 0 Å². The molecule has 2 heterocycles. The zero-order chi connectivity index (χ0) is 11.4. The van der Waals surface area contributed by atoms with E-state index >= 15 is 0 Å². The van der Waals surface area contributed by atoms with E-state index in [0.29, 0.717) is 0 Å². The van der Waals surface area contributed by atoms with Crippen LogP contribution in [0.2, 0.25) is 0 Å². The van der Waals surface area contributed by atoms with Gasteiger partial charge in [-0.05, 0) is 36.7 Å². The maximum Gasteiger partial charge on any atom is 0.156 e. The quantitative estimate of drug-likeness (QED) is 0.845. The van der Waals surface area contributed by atoms with Crippen molar-refractivity contribution in [2.24, 2.45) is 0 Å². The lowest BCUT2D eigenvalue weighted by atomic mass is 10.2. The van der Waals surface area contributed by atoms with Crippen LogP contribution in [0.3, 0.4) is 0 Å². The molecule has 0 unspecified atom stereocenters. The van der Waals surface area contributed by atoms with Gasteiger partial charge in [0, 0.05) is 25.1 Å². The van der Waals surface area contributed by atoms with E-state index in [2.05, 4.69) is 35.3 Å². The second-order valence-corrected chi connectivity index (χ2v) is 3.72. The molecule has 0 aliphatic carbocycles. The zero-order valence-corrected chi connectivity index (χ0v) is 9.64. The molecule has 84 valence electrons. The van der Waals surface area contributed by atoms with Crippen LogP contribution < -0.4 is 5.32 Å². The summed E-state index contributed by atoms with van der Waals surface area (Å²) in [5.74, 6) is 0.894. The molecule has 4 nitrogen and oxygen atoms in total. The van der Waals surface area contributed by atoms with E-state index in [0.717, 1.165) is 24.5 Å². The van der Waals surface area contributed by atoms with Gasteiger partial charge in [0.1, 0.15) is 0 Å². The van der Waals surface area contributed by atoms with E-state index in [4.69, 9.17) is 0 Å². The van der Waals surface area contributed by atoms with Crippen molar-refractivity contribution in [1.82, 2.24) is 20.1 Å². The van der Waals surface area contributed by atoms with Gasteiger partial charge in [0.25, 0.3) is 0 Å². The normalized spacial score (nSPS) is 10.6. The highest BCUT2D eigenvalue weighted by Crippen LogP contribution is 2.11. The topological polar surface area (TPSA) is 42.7 Å². The number of aryl methyl sites for hydroxylation is 1. The summed E-state index contributed by atoms with van der Waals surface area (Å²) >= 11 is 0. The first-order valence-electron chi connectivity index (χ1n) is 5.47. The Morgan fingerprint density at radius 2 is 2.31 bits per heavy atom. The monoisotopic (exact) mass is 216 g/mol. The number of aromatic nitrogens is 3. The van der Waals surface area contributed by atoms with Crippen LogP contribution >= 0.6 is 0 Å². The molecule has 2 aromatic rings. The van der Waals surface area contributed by atoms with Crippen LogP contribution in [0.1, 0.15) is 18.1 Å². The van der Waals surface area contributed by atoms with E-state index in [1.165, 1.54) is 5.56 Å². The second kappa shape index (κ2) is 4.90. The smallest absolute Gasteiger partial charge is 0.156 e. The van der Waals surface area contributed by atoms with Gasteiger partial charge in [-0.15, -0.1) is 0 Å². The molecule has 4 heteroatoms. The Morgan fingerprint density at radius 1 is 1.44 bits per heavy atom. The van der Waals surface area contributed by atoms with Crippen LogP contribution in [0.4, 0.5) is 0 Å². The average Bonchev–Trinajstić information content (AvgIpc) is 2.80. The Labute approximate surface area is 95.3 Å². The maximum absolute atomic E-state index is 4.43. The maximum atomic E-state index is 4.43. The molecule has 0 aromatic carbocycles. The lowest BCUT2D eigenvalue weighted by Crippen LogP contribution is -2.12. The third-order valence-electron chi connectivity index (χ3n) is 2.41. The van der Waals surface area contributed by atoms with E-state index in [1.807, 2.05) is 18.5 Å². The molecule has 0 amide bonds. The van der Waals surface area contributed by atoms with E-state index in [9.17, 15) is 0 Å². The molecule has 0 aliphatic heterocycles. The third kappa shape index (κ3) is 2.28. The highest BCUT2D eigenvalue weighted by Gasteiger charge is 2.03. The summed E-state index contributed by atoms with van der Waals surface area (Å²) in [6, 6.07) is 4.04. The number of hydrogen-bond donors (Lipinski definition) is 1. The molecule has 0 aliphatic rings. The summed E-state index contributed by atoms with van der Waals surface area (Å²) in [5.41, 5.74) is 2.34. The van der Waals surface area contributed by atoms with Crippen molar-refractivity contribution in [2.45, 2.75) is 20.4 Å². The van der Waals surface area contributed by atoms with Crippen molar-refractivity contribution in [3.05, 3.63) is 41.9 Å². The highest BCUT2D eigenvalue weighted by atomic mass is 15.3. The molecule has 2 aromatic heterocycles. The number of hydrogen-bond acceptors (Lipinski definition) is 3. The van der Waals surface area contributed by atoms with E-state index < -0.39 is 0 Å². The first-order chi connectivity index (χ1) is 7.81. The van der Waals surface area contributed by atoms with Crippen LogP contribution in [0.15, 0.2) is 30.7 Å². The molecule has 0 atom stereocenters.